The number of aromatic nitrogens is 2. The maximum Gasteiger partial charge on any atom is 0.144 e. The Balaban J connectivity index is 2.28. The lowest BCUT2D eigenvalue weighted by Crippen LogP contribution is -2.00. The molecule has 0 radical (unpaired) electrons. The van der Waals surface area contributed by atoms with Crippen molar-refractivity contribution in [2.45, 2.75) is 26.8 Å². The first-order valence-corrected chi connectivity index (χ1v) is 7.43. The average Bonchev–Trinajstić information content (AvgIpc) is 2.78. The van der Waals surface area contributed by atoms with Crippen molar-refractivity contribution in [1.82, 2.24) is 9.55 Å². The van der Waals surface area contributed by atoms with Crippen molar-refractivity contribution in [3.63, 3.8) is 0 Å². The molecular formula is C17H17ClN2O. The van der Waals surface area contributed by atoms with Crippen LogP contribution < -0.4 is 0 Å². The molecule has 3 aromatic rings. The minimum Gasteiger partial charge on any atom is -0.507 e. The molecule has 1 heterocycles. The number of aryl methyl sites for hydroxylation is 2. The van der Waals surface area contributed by atoms with E-state index in [2.05, 4.69) is 16.5 Å². The van der Waals surface area contributed by atoms with Crippen molar-refractivity contribution < 1.29 is 5.11 Å². The average molecular weight is 301 g/mol. The van der Waals surface area contributed by atoms with Gasteiger partial charge in [-0.05, 0) is 49.2 Å². The van der Waals surface area contributed by atoms with Crippen LogP contribution in [-0.2, 0) is 6.54 Å². The van der Waals surface area contributed by atoms with Gasteiger partial charge in [-0.25, -0.2) is 4.98 Å². The number of fused-ring (bicyclic) bond motifs is 1. The summed E-state index contributed by atoms with van der Waals surface area (Å²) < 4.78 is 2.12. The van der Waals surface area contributed by atoms with Gasteiger partial charge >= 0.3 is 0 Å². The van der Waals surface area contributed by atoms with Gasteiger partial charge in [-0.2, -0.15) is 0 Å². The molecule has 0 aliphatic rings. The highest BCUT2D eigenvalue weighted by atomic mass is 35.5. The summed E-state index contributed by atoms with van der Waals surface area (Å²) in [6, 6.07) is 11.3. The molecule has 2 aromatic carbocycles. The number of halogens is 1. The van der Waals surface area contributed by atoms with Crippen molar-refractivity contribution in [2.75, 3.05) is 0 Å². The maximum atomic E-state index is 10.2. The number of rotatable bonds is 3. The van der Waals surface area contributed by atoms with Crippen LogP contribution in [0, 0.1) is 6.92 Å². The van der Waals surface area contributed by atoms with Gasteiger partial charge in [-0.3, -0.25) is 0 Å². The Hall–Kier alpha value is -2.00. The van der Waals surface area contributed by atoms with Gasteiger partial charge in [0.1, 0.15) is 11.6 Å². The first-order chi connectivity index (χ1) is 10.1. The fraction of sp³-hybridized carbons (Fsp3) is 0.235. The summed E-state index contributed by atoms with van der Waals surface area (Å²) in [6.45, 7) is 4.91. The van der Waals surface area contributed by atoms with E-state index in [1.54, 1.807) is 6.07 Å². The van der Waals surface area contributed by atoms with E-state index in [0.717, 1.165) is 41.0 Å². The minimum atomic E-state index is 0.258. The Morgan fingerprint density at radius 1 is 1.19 bits per heavy atom. The molecule has 0 saturated carbocycles. The van der Waals surface area contributed by atoms with Gasteiger partial charge in [0.25, 0.3) is 0 Å². The SMILES string of the molecule is CCCn1c(-c2ccc(C)cc2O)nc2ccc(Cl)cc21. The molecule has 0 unspecified atom stereocenters. The van der Waals surface area contributed by atoms with E-state index >= 15 is 0 Å². The molecule has 3 rings (SSSR count). The lowest BCUT2D eigenvalue weighted by molar-refractivity contribution is 0.476. The van der Waals surface area contributed by atoms with Crippen molar-refractivity contribution in [3.8, 4) is 17.1 Å². The molecular weight excluding hydrogens is 284 g/mol. The predicted octanol–water partition coefficient (Wildman–Crippen LogP) is 4.78. The highest BCUT2D eigenvalue weighted by Crippen LogP contribution is 2.32. The zero-order valence-electron chi connectivity index (χ0n) is 12.1. The Morgan fingerprint density at radius 2 is 2.00 bits per heavy atom. The second kappa shape index (κ2) is 5.41. The number of hydrogen-bond donors (Lipinski definition) is 1. The third kappa shape index (κ3) is 2.49. The van der Waals surface area contributed by atoms with Crippen LogP contribution in [0.1, 0.15) is 18.9 Å². The van der Waals surface area contributed by atoms with Crippen LogP contribution in [0.2, 0.25) is 5.02 Å². The van der Waals surface area contributed by atoms with E-state index < -0.39 is 0 Å². The monoisotopic (exact) mass is 300 g/mol. The molecule has 3 nitrogen and oxygen atoms in total. The molecule has 0 spiro atoms. The molecule has 4 heteroatoms. The second-order valence-corrected chi connectivity index (χ2v) is 5.68. The summed E-state index contributed by atoms with van der Waals surface area (Å²) in [7, 11) is 0. The normalized spacial score (nSPS) is 11.2. The van der Waals surface area contributed by atoms with Crippen molar-refractivity contribution >= 4 is 22.6 Å². The lowest BCUT2D eigenvalue weighted by Gasteiger charge is -2.09. The van der Waals surface area contributed by atoms with Crippen LogP contribution in [0.15, 0.2) is 36.4 Å². The molecule has 0 aliphatic heterocycles. The highest BCUT2D eigenvalue weighted by Gasteiger charge is 2.15. The quantitative estimate of drug-likeness (QED) is 0.756. The Labute approximate surface area is 128 Å². The number of nitrogens with zero attached hydrogens (tertiary/aromatic N) is 2. The lowest BCUT2D eigenvalue weighted by atomic mass is 10.1. The topological polar surface area (TPSA) is 38.0 Å². The Morgan fingerprint density at radius 3 is 2.71 bits per heavy atom. The first-order valence-electron chi connectivity index (χ1n) is 7.06. The van der Waals surface area contributed by atoms with E-state index in [1.807, 2.05) is 37.3 Å². The Bertz CT molecular complexity index is 808. The molecule has 0 fully saturated rings. The third-order valence-electron chi connectivity index (χ3n) is 3.55. The minimum absolute atomic E-state index is 0.258. The molecule has 0 atom stereocenters. The summed E-state index contributed by atoms with van der Waals surface area (Å²) in [6.07, 6.45) is 0.984. The molecule has 108 valence electrons. The van der Waals surface area contributed by atoms with E-state index in [1.165, 1.54) is 0 Å². The van der Waals surface area contributed by atoms with Crippen LogP contribution in [0.3, 0.4) is 0 Å². The largest absolute Gasteiger partial charge is 0.507 e. The highest BCUT2D eigenvalue weighted by molar-refractivity contribution is 6.31. The number of aromatic hydroxyl groups is 1. The van der Waals surface area contributed by atoms with E-state index in [0.29, 0.717) is 5.02 Å². The smallest absolute Gasteiger partial charge is 0.144 e. The number of imidazole rings is 1. The van der Waals surface area contributed by atoms with Gasteiger partial charge in [0.15, 0.2) is 0 Å². The summed E-state index contributed by atoms with van der Waals surface area (Å²) >= 11 is 6.11. The van der Waals surface area contributed by atoms with Gasteiger partial charge in [0.2, 0.25) is 0 Å². The molecule has 0 bridgehead atoms. The van der Waals surface area contributed by atoms with Crippen LogP contribution in [0.5, 0.6) is 5.75 Å². The van der Waals surface area contributed by atoms with Gasteiger partial charge in [0.05, 0.1) is 16.6 Å². The molecule has 0 amide bonds. The van der Waals surface area contributed by atoms with E-state index in [-0.39, 0.29) is 5.75 Å². The first kappa shape index (κ1) is 14.0. The van der Waals surface area contributed by atoms with Gasteiger partial charge in [-0.15, -0.1) is 0 Å². The molecule has 0 aliphatic carbocycles. The Kier molecular flexibility index (Phi) is 3.60. The number of phenols is 1. The summed E-state index contributed by atoms with van der Waals surface area (Å²) in [5.41, 5.74) is 3.67. The van der Waals surface area contributed by atoms with Crippen LogP contribution in [-0.4, -0.2) is 14.7 Å². The number of hydrogen-bond acceptors (Lipinski definition) is 2. The summed E-state index contributed by atoms with van der Waals surface area (Å²) in [5, 5.41) is 10.9. The van der Waals surface area contributed by atoms with Gasteiger partial charge in [-0.1, -0.05) is 24.6 Å². The maximum absolute atomic E-state index is 10.2. The third-order valence-corrected chi connectivity index (χ3v) is 3.79. The zero-order chi connectivity index (χ0) is 15.0. The van der Waals surface area contributed by atoms with Crippen LogP contribution in [0.25, 0.3) is 22.4 Å². The molecule has 1 N–H and O–H groups in total. The molecule has 21 heavy (non-hydrogen) atoms. The molecule has 0 saturated heterocycles. The van der Waals surface area contributed by atoms with Gasteiger partial charge < -0.3 is 9.67 Å². The van der Waals surface area contributed by atoms with Crippen LogP contribution >= 0.6 is 11.6 Å². The van der Waals surface area contributed by atoms with Gasteiger partial charge in [0, 0.05) is 11.6 Å². The standard InChI is InChI=1S/C17H17ClN2O/c1-3-8-20-15-10-12(18)5-7-14(15)19-17(20)13-6-4-11(2)9-16(13)21/h4-7,9-10,21H,3,8H2,1-2H3. The summed E-state index contributed by atoms with van der Waals surface area (Å²) in [4.78, 5) is 4.68. The number of benzene rings is 2. The van der Waals surface area contributed by atoms with Crippen molar-refractivity contribution in [2.24, 2.45) is 0 Å². The fourth-order valence-electron chi connectivity index (χ4n) is 2.58. The number of phenolic OH excluding ortho intramolecular Hbond substituents is 1. The van der Waals surface area contributed by atoms with E-state index in [9.17, 15) is 5.11 Å². The van der Waals surface area contributed by atoms with Crippen molar-refractivity contribution in [1.29, 1.82) is 0 Å². The second-order valence-electron chi connectivity index (χ2n) is 5.24. The fourth-order valence-corrected chi connectivity index (χ4v) is 2.75. The van der Waals surface area contributed by atoms with Crippen LogP contribution in [0.4, 0.5) is 0 Å². The molecule has 1 aromatic heterocycles. The predicted molar refractivity (Wildman–Crippen MR) is 86.9 cm³/mol. The van der Waals surface area contributed by atoms with Crippen molar-refractivity contribution in [3.05, 3.63) is 47.0 Å². The zero-order valence-corrected chi connectivity index (χ0v) is 12.9. The van der Waals surface area contributed by atoms with E-state index in [4.69, 9.17) is 11.6 Å². The summed E-state index contributed by atoms with van der Waals surface area (Å²) in [5.74, 6) is 1.04.